The van der Waals surface area contributed by atoms with E-state index in [9.17, 15) is 0 Å². The number of para-hydroxylation sites is 1. The van der Waals surface area contributed by atoms with Gasteiger partial charge in [-0.15, -0.1) is 0 Å². The lowest BCUT2D eigenvalue weighted by molar-refractivity contribution is 0.0863. The summed E-state index contributed by atoms with van der Waals surface area (Å²) in [5.41, 5.74) is 2.48. The molecule has 0 saturated carbocycles. The molecule has 3 heterocycles. The van der Waals surface area contributed by atoms with Crippen molar-refractivity contribution in [3.63, 3.8) is 0 Å². The van der Waals surface area contributed by atoms with Gasteiger partial charge in [-0.2, -0.15) is 0 Å². The summed E-state index contributed by atoms with van der Waals surface area (Å²) < 4.78 is 6.04. The second-order valence-corrected chi connectivity index (χ2v) is 6.36. The van der Waals surface area contributed by atoms with Gasteiger partial charge >= 0.3 is 0 Å². The maximum absolute atomic E-state index is 6.04. The Morgan fingerprint density at radius 2 is 2.19 bits per heavy atom. The van der Waals surface area contributed by atoms with E-state index in [-0.39, 0.29) is 0 Å². The second kappa shape index (κ2) is 5.39. The quantitative estimate of drug-likeness (QED) is 0.936. The average Bonchev–Trinajstić information content (AvgIpc) is 3.15. The Morgan fingerprint density at radius 1 is 1.29 bits per heavy atom. The summed E-state index contributed by atoms with van der Waals surface area (Å²) in [5, 5.41) is 4.82. The fraction of sp³-hybridized carbons (Fsp3) is 0.500. The van der Waals surface area contributed by atoms with Crippen LogP contribution in [0.1, 0.15) is 24.8 Å². The van der Waals surface area contributed by atoms with Crippen LogP contribution in [0.2, 0.25) is 0 Å². The fourth-order valence-corrected chi connectivity index (χ4v) is 4.14. The molecule has 1 aromatic heterocycles. The average molecular weight is 282 g/mol. The zero-order valence-electron chi connectivity index (χ0n) is 12.5. The third-order valence-corrected chi connectivity index (χ3v) is 5.22. The van der Waals surface area contributed by atoms with E-state index >= 15 is 0 Å². The van der Waals surface area contributed by atoms with Crippen molar-refractivity contribution in [2.45, 2.75) is 43.9 Å². The number of nitrogens with one attached hydrogen (secondary N) is 1. The van der Waals surface area contributed by atoms with Gasteiger partial charge in [-0.25, -0.2) is 0 Å². The molecule has 2 bridgehead atoms. The molecule has 1 aromatic carbocycles. The molecule has 0 spiro atoms. The van der Waals surface area contributed by atoms with Crippen molar-refractivity contribution in [3.8, 4) is 0 Å². The van der Waals surface area contributed by atoms with E-state index in [2.05, 4.69) is 47.7 Å². The normalized spacial score (nSPS) is 29.1. The molecular formula is C18H22N2O. The summed E-state index contributed by atoms with van der Waals surface area (Å²) in [6.45, 7) is 0. The fourth-order valence-electron chi connectivity index (χ4n) is 4.14. The van der Waals surface area contributed by atoms with E-state index in [1.165, 1.54) is 30.2 Å². The lowest BCUT2D eigenvalue weighted by Crippen LogP contribution is -2.40. The van der Waals surface area contributed by atoms with Gasteiger partial charge in [0.1, 0.15) is 0 Å². The molecule has 2 aromatic rings. The van der Waals surface area contributed by atoms with Crippen LogP contribution in [-0.2, 0) is 11.2 Å². The van der Waals surface area contributed by atoms with Crippen LogP contribution in [0, 0.1) is 5.92 Å². The van der Waals surface area contributed by atoms with Gasteiger partial charge in [0, 0.05) is 23.5 Å². The largest absolute Gasteiger partial charge is 0.375 e. The Morgan fingerprint density at radius 3 is 2.95 bits per heavy atom. The summed E-state index contributed by atoms with van der Waals surface area (Å²) in [6, 6.07) is 11.1. The number of hydrogen-bond donors (Lipinski definition) is 1. The first-order chi connectivity index (χ1) is 10.3. The zero-order valence-corrected chi connectivity index (χ0v) is 12.5. The Hall–Kier alpha value is -1.45. The van der Waals surface area contributed by atoms with Crippen molar-refractivity contribution in [2.75, 3.05) is 7.05 Å². The molecule has 110 valence electrons. The minimum atomic E-state index is 0.473. The zero-order chi connectivity index (χ0) is 14.2. The van der Waals surface area contributed by atoms with Crippen molar-refractivity contribution in [2.24, 2.45) is 5.92 Å². The molecule has 4 rings (SSSR count). The van der Waals surface area contributed by atoms with Gasteiger partial charge in [-0.05, 0) is 50.4 Å². The first kappa shape index (κ1) is 13.2. The number of fused-ring (bicyclic) bond motifs is 3. The monoisotopic (exact) mass is 282 g/mol. The Bertz CT molecular complexity index is 637. The molecule has 0 amide bonds. The first-order valence-corrected chi connectivity index (χ1v) is 8.00. The van der Waals surface area contributed by atoms with E-state index in [1.807, 2.05) is 6.20 Å². The van der Waals surface area contributed by atoms with Crippen molar-refractivity contribution in [1.82, 2.24) is 10.3 Å². The highest BCUT2D eigenvalue weighted by atomic mass is 16.5. The highest BCUT2D eigenvalue weighted by Gasteiger charge is 2.43. The SMILES string of the molecule is CNC(Cc1ccnc2ccccc12)C1CC2CCC1O2. The molecule has 3 nitrogen and oxygen atoms in total. The van der Waals surface area contributed by atoms with Crippen LogP contribution in [0.15, 0.2) is 36.5 Å². The molecule has 2 aliphatic rings. The van der Waals surface area contributed by atoms with Crippen LogP contribution in [0.5, 0.6) is 0 Å². The summed E-state index contributed by atoms with van der Waals surface area (Å²) in [5.74, 6) is 0.653. The van der Waals surface area contributed by atoms with Gasteiger partial charge < -0.3 is 10.1 Å². The van der Waals surface area contributed by atoms with Crippen LogP contribution >= 0.6 is 0 Å². The second-order valence-electron chi connectivity index (χ2n) is 6.36. The third kappa shape index (κ3) is 2.34. The van der Waals surface area contributed by atoms with Crippen LogP contribution in [-0.4, -0.2) is 30.3 Å². The topological polar surface area (TPSA) is 34.2 Å². The molecule has 4 unspecified atom stereocenters. The number of benzene rings is 1. The standard InChI is InChI=1S/C18H22N2O/c1-19-17(15-11-13-6-7-18(15)21-13)10-12-8-9-20-16-5-3-2-4-14(12)16/h2-5,8-9,13,15,17-19H,6-7,10-11H2,1H3. The maximum Gasteiger partial charge on any atom is 0.0704 e. The molecule has 4 atom stereocenters. The number of likely N-dealkylation sites (N-methyl/N-ethyl adjacent to an activating group) is 1. The highest BCUT2D eigenvalue weighted by molar-refractivity contribution is 5.81. The van der Waals surface area contributed by atoms with Crippen LogP contribution in [0.4, 0.5) is 0 Å². The van der Waals surface area contributed by atoms with E-state index in [4.69, 9.17) is 4.74 Å². The Balaban J connectivity index is 1.61. The first-order valence-electron chi connectivity index (χ1n) is 8.00. The van der Waals surface area contributed by atoms with Gasteiger partial charge in [0.2, 0.25) is 0 Å². The summed E-state index contributed by atoms with van der Waals surface area (Å²) in [4.78, 5) is 4.47. The van der Waals surface area contributed by atoms with E-state index < -0.39 is 0 Å². The van der Waals surface area contributed by atoms with Gasteiger partial charge in [0.15, 0.2) is 0 Å². The Labute approximate surface area is 125 Å². The van der Waals surface area contributed by atoms with Crippen molar-refractivity contribution in [3.05, 3.63) is 42.1 Å². The van der Waals surface area contributed by atoms with Gasteiger partial charge in [-0.1, -0.05) is 18.2 Å². The molecular weight excluding hydrogens is 260 g/mol. The minimum absolute atomic E-state index is 0.473. The van der Waals surface area contributed by atoms with Crippen LogP contribution in [0.3, 0.4) is 0 Å². The van der Waals surface area contributed by atoms with E-state index in [0.717, 1.165) is 11.9 Å². The Kier molecular flexibility index (Phi) is 3.40. The van der Waals surface area contributed by atoms with Gasteiger partial charge in [0.25, 0.3) is 0 Å². The molecule has 3 heteroatoms. The maximum atomic E-state index is 6.04. The van der Waals surface area contributed by atoms with Crippen LogP contribution in [0.25, 0.3) is 10.9 Å². The van der Waals surface area contributed by atoms with E-state index in [1.54, 1.807) is 0 Å². The smallest absolute Gasteiger partial charge is 0.0704 e. The van der Waals surface area contributed by atoms with Crippen molar-refractivity contribution < 1.29 is 4.74 Å². The van der Waals surface area contributed by atoms with Gasteiger partial charge in [-0.3, -0.25) is 4.98 Å². The summed E-state index contributed by atoms with van der Waals surface area (Å²) in [7, 11) is 2.08. The van der Waals surface area contributed by atoms with E-state index in [0.29, 0.717) is 24.2 Å². The summed E-state index contributed by atoms with van der Waals surface area (Å²) in [6.07, 6.45) is 7.70. The number of rotatable bonds is 4. The minimum Gasteiger partial charge on any atom is -0.375 e. The predicted octanol–water partition coefficient (Wildman–Crippen LogP) is 2.93. The molecule has 21 heavy (non-hydrogen) atoms. The highest BCUT2D eigenvalue weighted by Crippen LogP contribution is 2.41. The van der Waals surface area contributed by atoms with Crippen molar-refractivity contribution >= 4 is 10.9 Å². The number of pyridine rings is 1. The molecule has 2 aliphatic heterocycles. The van der Waals surface area contributed by atoms with Gasteiger partial charge in [0.05, 0.1) is 17.7 Å². The lowest BCUT2D eigenvalue weighted by atomic mass is 9.81. The number of aromatic nitrogens is 1. The molecule has 2 fully saturated rings. The number of nitrogens with zero attached hydrogens (tertiary/aromatic N) is 1. The third-order valence-electron chi connectivity index (χ3n) is 5.22. The van der Waals surface area contributed by atoms with Crippen molar-refractivity contribution in [1.29, 1.82) is 0 Å². The predicted molar refractivity (Wildman–Crippen MR) is 84.3 cm³/mol. The lowest BCUT2D eigenvalue weighted by Gasteiger charge is -2.28. The molecule has 0 radical (unpaired) electrons. The van der Waals surface area contributed by atoms with Crippen LogP contribution < -0.4 is 5.32 Å². The molecule has 2 saturated heterocycles. The molecule has 1 N–H and O–H groups in total. The number of hydrogen-bond acceptors (Lipinski definition) is 3. The number of ether oxygens (including phenoxy) is 1. The molecule has 0 aliphatic carbocycles. The summed E-state index contributed by atoms with van der Waals surface area (Å²) >= 11 is 0.